The van der Waals surface area contributed by atoms with Gasteiger partial charge >= 0.3 is 0 Å². The van der Waals surface area contributed by atoms with Crippen LogP contribution >= 0.6 is 0 Å². The molecule has 132 valence electrons. The average Bonchev–Trinajstić information content (AvgIpc) is 2.60. The molecule has 0 amide bonds. The zero-order valence-electron chi connectivity index (χ0n) is 13.7. The fourth-order valence-corrected chi connectivity index (χ4v) is 2.81. The first-order valence-electron chi connectivity index (χ1n) is 7.37. The molecule has 2 aromatic carbocycles. The Morgan fingerprint density at radius 2 is 1.76 bits per heavy atom. The lowest BCUT2D eigenvalue weighted by molar-refractivity contribution is -0.384. The van der Waals surface area contributed by atoms with Crippen LogP contribution in [0.5, 0.6) is 5.75 Å². The fourth-order valence-electron chi connectivity index (χ4n) is 1.95. The number of benzene rings is 2. The molecule has 0 aliphatic heterocycles. The van der Waals surface area contributed by atoms with E-state index in [1.165, 1.54) is 36.4 Å². The lowest BCUT2D eigenvalue weighted by atomic mass is 10.1. The van der Waals surface area contributed by atoms with Gasteiger partial charge in [-0.1, -0.05) is 0 Å². The van der Waals surface area contributed by atoms with Gasteiger partial charge in [-0.3, -0.25) is 10.1 Å². The van der Waals surface area contributed by atoms with Crippen molar-refractivity contribution in [2.45, 2.75) is 18.7 Å². The number of sulfonamides is 1. The predicted octanol–water partition coefficient (Wildman–Crippen LogP) is 2.70. The van der Waals surface area contributed by atoms with Crippen LogP contribution in [-0.2, 0) is 10.0 Å². The van der Waals surface area contributed by atoms with E-state index in [0.29, 0.717) is 23.6 Å². The molecule has 0 heterocycles. The van der Waals surface area contributed by atoms with E-state index < -0.39 is 14.9 Å². The first-order chi connectivity index (χ1) is 11.8. The van der Waals surface area contributed by atoms with Gasteiger partial charge < -0.3 is 4.74 Å². The summed E-state index contributed by atoms with van der Waals surface area (Å²) in [4.78, 5) is 12.3. The molecule has 0 saturated heterocycles. The number of ether oxygens (including phenoxy) is 1. The third-order valence-electron chi connectivity index (χ3n) is 3.27. The van der Waals surface area contributed by atoms with Crippen LogP contribution in [0, 0.1) is 10.1 Å². The second kappa shape index (κ2) is 7.75. The summed E-state index contributed by atoms with van der Waals surface area (Å²) in [5, 5.41) is 14.5. The summed E-state index contributed by atoms with van der Waals surface area (Å²) in [6.07, 6.45) is 0. The van der Waals surface area contributed by atoms with Gasteiger partial charge in [-0.05, 0) is 55.8 Å². The van der Waals surface area contributed by atoms with E-state index in [1.54, 1.807) is 19.1 Å². The van der Waals surface area contributed by atoms with Crippen molar-refractivity contribution >= 4 is 21.4 Å². The fraction of sp³-hybridized carbons (Fsp3) is 0.188. The SMILES string of the molecule is CCOc1ccc(S(=O)(=O)NN=C(C)c2ccc([N+](=O)[O-])cc2)cc1. The van der Waals surface area contributed by atoms with Crippen molar-refractivity contribution in [1.29, 1.82) is 0 Å². The third kappa shape index (κ3) is 4.77. The van der Waals surface area contributed by atoms with E-state index in [0.717, 1.165) is 0 Å². The maximum atomic E-state index is 12.2. The van der Waals surface area contributed by atoms with Crippen molar-refractivity contribution in [3.8, 4) is 5.75 Å². The number of hydrazone groups is 1. The first kappa shape index (κ1) is 18.4. The van der Waals surface area contributed by atoms with Crippen molar-refractivity contribution in [2.75, 3.05) is 6.61 Å². The predicted molar refractivity (Wildman–Crippen MR) is 93.2 cm³/mol. The number of rotatable bonds is 7. The Kier molecular flexibility index (Phi) is 5.71. The van der Waals surface area contributed by atoms with E-state index in [-0.39, 0.29) is 10.6 Å². The number of hydrogen-bond donors (Lipinski definition) is 1. The van der Waals surface area contributed by atoms with Crippen molar-refractivity contribution in [2.24, 2.45) is 5.10 Å². The molecule has 0 radical (unpaired) electrons. The molecule has 2 aromatic rings. The monoisotopic (exact) mass is 363 g/mol. The standard InChI is InChI=1S/C16H17N3O5S/c1-3-24-15-8-10-16(11-9-15)25(22,23)18-17-12(2)13-4-6-14(7-5-13)19(20)21/h4-11,18H,3H2,1-2H3. The van der Waals surface area contributed by atoms with Crippen LogP contribution in [0.3, 0.4) is 0 Å². The lowest BCUT2D eigenvalue weighted by Crippen LogP contribution is -2.20. The van der Waals surface area contributed by atoms with Crippen LogP contribution in [0.1, 0.15) is 19.4 Å². The summed E-state index contributed by atoms with van der Waals surface area (Å²) in [5.74, 6) is 0.576. The van der Waals surface area contributed by atoms with Gasteiger partial charge in [-0.2, -0.15) is 18.4 Å². The number of hydrogen-bond acceptors (Lipinski definition) is 6. The van der Waals surface area contributed by atoms with Gasteiger partial charge in [0.15, 0.2) is 0 Å². The average molecular weight is 363 g/mol. The molecule has 1 N–H and O–H groups in total. The number of nitro groups is 1. The second-order valence-electron chi connectivity index (χ2n) is 5.00. The van der Waals surface area contributed by atoms with E-state index >= 15 is 0 Å². The minimum atomic E-state index is -3.82. The van der Waals surface area contributed by atoms with Crippen molar-refractivity contribution in [1.82, 2.24) is 4.83 Å². The van der Waals surface area contributed by atoms with Crippen LogP contribution in [0.4, 0.5) is 5.69 Å². The van der Waals surface area contributed by atoms with Gasteiger partial charge in [0.2, 0.25) is 0 Å². The lowest BCUT2D eigenvalue weighted by Gasteiger charge is -2.07. The molecule has 8 nitrogen and oxygen atoms in total. The highest BCUT2D eigenvalue weighted by Gasteiger charge is 2.13. The summed E-state index contributed by atoms with van der Waals surface area (Å²) in [5.41, 5.74) is 0.899. The summed E-state index contributed by atoms with van der Waals surface area (Å²) >= 11 is 0. The summed E-state index contributed by atoms with van der Waals surface area (Å²) in [6.45, 7) is 3.92. The Labute approximate surface area is 145 Å². The Hall–Kier alpha value is -2.94. The normalized spacial score (nSPS) is 11.8. The Morgan fingerprint density at radius 1 is 1.16 bits per heavy atom. The van der Waals surface area contributed by atoms with E-state index in [4.69, 9.17) is 4.74 Å². The van der Waals surface area contributed by atoms with Gasteiger partial charge in [-0.15, -0.1) is 0 Å². The molecule has 9 heteroatoms. The summed E-state index contributed by atoms with van der Waals surface area (Å²) in [6, 6.07) is 11.6. The molecule has 0 atom stereocenters. The van der Waals surface area contributed by atoms with Gasteiger partial charge in [-0.25, -0.2) is 0 Å². The van der Waals surface area contributed by atoms with Crippen molar-refractivity contribution < 1.29 is 18.1 Å². The molecule has 0 aliphatic rings. The maximum absolute atomic E-state index is 12.2. The van der Waals surface area contributed by atoms with Crippen LogP contribution in [0.15, 0.2) is 58.5 Å². The molecule has 0 fully saturated rings. The molecule has 25 heavy (non-hydrogen) atoms. The summed E-state index contributed by atoms with van der Waals surface area (Å²) < 4.78 is 29.7. The van der Waals surface area contributed by atoms with Crippen molar-refractivity contribution in [3.63, 3.8) is 0 Å². The molecule has 0 spiro atoms. The molecule has 0 aliphatic carbocycles. The van der Waals surface area contributed by atoms with Gasteiger partial charge in [0.25, 0.3) is 15.7 Å². The van der Waals surface area contributed by atoms with Crippen LogP contribution < -0.4 is 9.57 Å². The first-order valence-corrected chi connectivity index (χ1v) is 8.85. The van der Waals surface area contributed by atoms with Crippen LogP contribution in [-0.4, -0.2) is 25.7 Å². The van der Waals surface area contributed by atoms with Crippen molar-refractivity contribution in [3.05, 3.63) is 64.2 Å². The van der Waals surface area contributed by atoms with Gasteiger partial charge in [0.1, 0.15) is 5.75 Å². The zero-order valence-corrected chi connectivity index (χ0v) is 14.5. The molecule has 0 bridgehead atoms. The minimum Gasteiger partial charge on any atom is -0.494 e. The molecule has 2 rings (SSSR count). The zero-order chi connectivity index (χ0) is 18.4. The van der Waals surface area contributed by atoms with E-state index in [2.05, 4.69) is 9.93 Å². The maximum Gasteiger partial charge on any atom is 0.276 e. The number of nitrogens with zero attached hydrogens (tertiary/aromatic N) is 2. The topological polar surface area (TPSA) is 111 Å². The van der Waals surface area contributed by atoms with Crippen LogP contribution in [0.2, 0.25) is 0 Å². The highest BCUT2D eigenvalue weighted by Crippen LogP contribution is 2.16. The molecular formula is C16H17N3O5S. The molecule has 0 aromatic heterocycles. The van der Waals surface area contributed by atoms with Crippen LogP contribution in [0.25, 0.3) is 0 Å². The highest BCUT2D eigenvalue weighted by atomic mass is 32.2. The quantitative estimate of drug-likeness (QED) is 0.462. The smallest absolute Gasteiger partial charge is 0.276 e. The van der Waals surface area contributed by atoms with E-state index in [9.17, 15) is 18.5 Å². The molecular weight excluding hydrogens is 346 g/mol. The second-order valence-corrected chi connectivity index (χ2v) is 6.66. The Balaban J connectivity index is 2.13. The minimum absolute atomic E-state index is 0.0495. The Morgan fingerprint density at radius 3 is 2.28 bits per heavy atom. The molecule has 0 unspecified atom stereocenters. The van der Waals surface area contributed by atoms with E-state index in [1.807, 2.05) is 6.92 Å². The largest absolute Gasteiger partial charge is 0.494 e. The number of nitro benzene ring substituents is 1. The van der Waals surface area contributed by atoms with Gasteiger partial charge in [0.05, 0.1) is 22.1 Å². The highest BCUT2D eigenvalue weighted by molar-refractivity contribution is 7.89. The summed E-state index contributed by atoms with van der Waals surface area (Å²) in [7, 11) is -3.82. The Bertz CT molecular complexity index is 875. The molecule has 0 saturated carbocycles. The number of non-ortho nitro benzene ring substituents is 1. The third-order valence-corrected chi connectivity index (χ3v) is 4.50. The number of nitrogens with one attached hydrogen (secondary N) is 1. The van der Waals surface area contributed by atoms with Gasteiger partial charge in [0, 0.05) is 12.1 Å².